The average molecular weight is 994 g/mol. The fourth-order valence-electron chi connectivity index (χ4n) is 7.59. The van der Waals surface area contributed by atoms with Crippen LogP contribution in [0.1, 0.15) is 22.8 Å². The Kier molecular flexibility index (Phi) is 11.5. The molecule has 65 heavy (non-hydrogen) atoms. The molecule has 0 aliphatic carbocycles. The van der Waals surface area contributed by atoms with Gasteiger partial charge in [0.05, 0.1) is 42.4 Å². The first-order valence-electron chi connectivity index (χ1n) is 18.7. The molecule has 21 heteroatoms. The number of fused-ring (bicyclic) bond motifs is 8. The van der Waals surface area contributed by atoms with Gasteiger partial charge in [-0.3, -0.25) is 18.2 Å². The summed E-state index contributed by atoms with van der Waals surface area (Å²) in [6.45, 7) is 0. The molecule has 0 saturated heterocycles. The molecule has 331 valence electrons. The maximum atomic E-state index is 12.0. The normalized spacial score (nSPS) is 12.9. The summed E-state index contributed by atoms with van der Waals surface area (Å²) in [4.78, 5) is 15.6. The minimum Gasteiger partial charge on any atom is -0.354 e. The standard InChI is InChI=1S/C44H30N4O12S4.Co/c49-61(50,51)29-9-1-25(2-10-29)41-33-17-19-35(45-33)42(26-3-11-30(12-4-26)62(52,53)54)37-21-23-39(47-37)44(28-7-15-32(16-8-28)64(58,59)60)40-24-22-38(48-40)43(36-20-18-34(41)46-36)27-5-13-31(14-6-27)63(55,56)57;/h1-24,45,48H,(H,49,50,51)(H,52,53,54)(H,55,56,57)(H,58,59,60);. The molecule has 2 aliphatic rings. The van der Waals surface area contributed by atoms with Crippen molar-refractivity contribution in [1.82, 2.24) is 19.9 Å². The number of benzene rings is 4. The molecule has 1 radical (unpaired) electrons. The third-order valence-corrected chi connectivity index (χ3v) is 14.0. The van der Waals surface area contributed by atoms with Gasteiger partial charge < -0.3 is 9.97 Å². The molecule has 0 fully saturated rings. The Morgan fingerprint density at radius 3 is 0.662 bits per heavy atom. The van der Waals surface area contributed by atoms with Crippen LogP contribution in [-0.4, -0.2) is 71.8 Å². The second kappa shape index (κ2) is 16.6. The van der Waals surface area contributed by atoms with Gasteiger partial charge in [-0.15, -0.1) is 0 Å². The van der Waals surface area contributed by atoms with E-state index in [9.17, 15) is 51.9 Å². The molecule has 0 amide bonds. The first kappa shape index (κ1) is 45.2. The summed E-state index contributed by atoms with van der Waals surface area (Å²) in [5.41, 5.74) is 7.41. The first-order valence-corrected chi connectivity index (χ1v) is 24.5. The number of nitrogens with one attached hydrogen (secondary N) is 2. The molecule has 8 bridgehead atoms. The smallest absolute Gasteiger partial charge is 0.294 e. The summed E-state index contributed by atoms with van der Waals surface area (Å²) in [6.07, 6.45) is 6.92. The molecule has 0 unspecified atom stereocenters. The average Bonchev–Trinajstić information content (AvgIpc) is 4.08. The number of rotatable bonds is 8. The van der Waals surface area contributed by atoms with Crippen LogP contribution in [0, 0.1) is 0 Å². The van der Waals surface area contributed by atoms with Crippen LogP contribution in [0.25, 0.3) is 90.9 Å². The number of aromatic nitrogens is 4. The Labute approximate surface area is 381 Å². The van der Waals surface area contributed by atoms with Gasteiger partial charge >= 0.3 is 0 Å². The van der Waals surface area contributed by atoms with Gasteiger partial charge in [0.15, 0.2) is 0 Å². The van der Waals surface area contributed by atoms with E-state index in [4.69, 9.17) is 9.97 Å². The van der Waals surface area contributed by atoms with E-state index in [0.29, 0.717) is 89.4 Å². The van der Waals surface area contributed by atoms with Gasteiger partial charge in [0.25, 0.3) is 40.5 Å². The molecule has 0 saturated carbocycles. The maximum absolute atomic E-state index is 12.0. The van der Waals surface area contributed by atoms with E-state index in [1.807, 2.05) is 0 Å². The van der Waals surface area contributed by atoms with Crippen LogP contribution in [0.5, 0.6) is 0 Å². The van der Waals surface area contributed by atoms with Gasteiger partial charge in [0, 0.05) is 61.1 Å². The number of hydrogen-bond donors (Lipinski definition) is 6. The second-order valence-corrected chi connectivity index (χ2v) is 20.2. The van der Waals surface area contributed by atoms with Crippen LogP contribution < -0.4 is 0 Å². The molecule has 6 N–H and O–H groups in total. The van der Waals surface area contributed by atoms with Crippen LogP contribution >= 0.6 is 0 Å². The van der Waals surface area contributed by atoms with E-state index in [-0.39, 0.29) is 36.4 Å². The Hall–Kier alpha value is -6.37. The SMILES string of the molecule is O=S(=O)(O)c1ccc(-c2c3nc(c(-c4ccc(S(=O)(=O)O)cc4)c4ccc([nH]4)c(-c4ccc(S(=O)(=O)O)cc4)c4nc(c(-c5ccc(S(=O)(=O)O)cc5)c5ccc2[nH]5)C=C4)C=C3)cc1.[Co]. The fraction of sp³-hybridized carbons (Fsp3) is 0. The van der Waals surface area contributed by atoms with Crippen LogP contribution in [-0.2, 0) is 57.3 Å². The predicted molar refractivity (Wildman–Crippen MR) is 240 cm³/mol. The summed E-state index contributed by atoms with van der Waals surface area (Å²) in [5.74, 6) is 0. The Morgan fingerprint density at radius 1 is 0.308 bits per heavy atom. The maximum Gasteiger partial charge on any atom is 0.294 e. The zero-order valence-corrected chi connectivity index (χ0v) is 37.1. The van der Waals surface area contributed by atoms with E-state index in [2.05, 4.69) is 9.97 Å². The topological polar surface area (TPSA) is 275 Å². The molecule has 7 aromatic rings. The van der Waals surface area contributed by atoms with Crippen molar-refractivity contribution < 1.29 is 68.7 Å². The quantitative estimate of drug-likeness (QED) is 0.0782. The molecule has 0 atom stereocenters. The second-order valence-electron chi connectivity index (χ2n) is 14.5. The number of nitrogens with zero attached hydrogens (tertiary/aromatic N) is 2. The molecule has 4 aromatic carbocycles. The number of H-pyrrole nitrogens is 2. The Balaban J connectivity index is 0.00000576. The Morgan fingerprint density at radius 2 is 0.492 bits per heavy atom. The minimum atomic E-state index is -4.55. The third-order valence-electron chi connectivity index (χ3n) is 10.5. The zero-order chi connectivity index (χ0) is 45.3. The first-order chi connectivity index (χ1) is 30.2. The Bertz CT molecular complexity index is 3300. The zero-order valence-electron chi connectivity index (χ0n) is 32.8. The molecule has 9 rings (SSSR count). The van der Waals surface area contributed by atoms with E-state index in [1.54, 1.807) is 48.6 Å². The molecular weight excluding hydrogens is 964 g/mol. The molecule has 2 aliphatic heterocycles. The van der Waals surface area contributed by atoms with Crippen LogP contribution in [0.4, 0.5) is 0 Å². The van der Waals surface area contributed by atoms with Crippen molar-refractivity contribution in [3.63, 3.8) is 0 Å². The summed E-state index contributed by atoms with van der Waals surface area (Å²) in [5, 5.41) is 0. The number of hydrogen-bond acceptors (Lipinski definition) is 10. The summed E-state index contributed by atoms with van der Waals surface area (Å²) in [7, 11) is -18.2. The predicted octanol–water partition coefficient (Wildman–Crippen LogP) is 8.31. The van der Waals surface area contributed by atoms with Crippen molar-refractivity contribution in [2.75, 3.05) is 0 Å². The fourth-order valence-corrected chi connectivity index (χ4v) is 9.51. The van der Waals surface area contributed by atoms with E-state index >= 15 is 0 Å². The van der Waals surface area contributed by atoms with Crippen molar-refractivity contribution in [1.29, 1.82) is 0 Å². The molecular formula is C44H30CoN4O12S4. The van der Waals surface area contributed by atoms with Crippen LogP contribution in [0.3, 0.4) is 0 Å². The van der Waals surface area contributed by atoms with Gasteiger partial charge in [0.2, 0.25) is 0 Å². The monoisotopic (exact) mass is 993 g/mol. The third kappa shape index (κ3) is 8.89. The summed E-state index contributed by atoms with van der Waals surface area (Å²) < 4.78 is 135. The van der Waals surface area contributed by atoms with Gasteiger partial charge in [0.1, 0.15) is 0 Å². The van der Waals surface area contributed by atoms with Crippen molar-refractivity contribution in [3.8, 4) is 44.5 Å². The molecule has 3 aromatic heterocycles. The molecule has 0 spiro atoms. The van der Waals surface area contributed by atoms with Crippen LogP contribution in [0.15, 0.2) is 141 Å². The van der Waals surface area contributed by atoms with Crippen molar-refractivity contribution in [2.24, 2.45) is 0 Å². The van der Waals surface area contributed by atoms with Crippen molar-refractivity contribution in [3.05, 3.63) is 144 Å². The molecule has 16 nitrogen and oxygen atoms in total. The van der Waals surface area contributed by atoms with E-state index < -0.39 is 40.5 Å². The number of aromatic amines is 2. The van der Waals surface area contributed by atoms with Crippen molar-refractivity contribution >= 4 is 86.8 Å². The van der Waals surface area contributed by atoms with Gasteiger partial charge in [-0.2, -0.15) is 33.7 Å². The van der Waals surface area contributed by atoms with E-state index in [0.717, 1.165) is 0 Å². The van der Waals surface area contributed by atoms with Gasteiger partial charge in [-0.05, 0) is 119 Å². The summed E-state index contributed by atoms with van der Waals surface area (Å²) in [6, 6.07) is 29.0. The molecule has 5 heterocycles. The minimum absolute atomic E-state index is 0. The van der Waals surface area contributed by atoms with Gasteiger partial charge in [-0.25, -0.2) is 9.97 Å². The summed E-state index contributed by atoms with van der Waals surface area (Å²) >= 11 is 0. The largest absolute Gasteiger partial charge is 0.354 e. The van der Waals surface area contributed by atoms with Crippen LogP contribution in [0.2, 0.25) is 0 Å². The van der Waals surface area contributed by atoms with E-state index in [1.165, 1.54) is 97.1 Å². The van der Waals surface area contributed by atoms with Crippen molar-refractivity contribution in [2.45, 2.75) is 19.6 Å². The van der Waals surface area contributed by atoms with Gasteiger partial charge in [-0.1, -0.05) is 48.5 Å².